The van der Waals surface area contributed by atoms with E-state index in [9.17, 15) is 4.79 Å². The van der Waals surface area contributed by atoms with Crippen LogP contribution in [0, 0.1) is 5.41 Å². The van der Waals surface area contributed by atoms with Crippen molar-refractivity contribution in [3.05, 3.63) is 11.1 Å². The lowest BCUT2D eigenvalue weighted by molar-refractivity contribution is -0.123. The monoisotopic (exact) mass is 241 g/mol. The van der Waals surface area contributed by atoms with Crippen molar-refractivity contribution in [3.8, 4) is 0 Å². The predicted octanol–water partition coefficient (Wildman–Crippen LogP) is 2.19. The van der Waals surface area contributed by atoms with Crippen LogP contribution in [0.2, 0.25) is 0 Å². The number of carbonyl (C=O) groups is 1. The molecule has 0 aromatic carbocycles. The highest BCUT2D eigenvalue weighted by Crippen LogP contribution is 2.20. The fraction of sp³-hybridized carbons (Fsp3) is 0.636. The van der Waals surface area contributed by atoms with E-state index < -0.39 is 0 Å². The Morgan fingerprint density at radius 1 is 1.50 bits per heavy atom. The van der Waals surface area contributed by atoms with Crippen LogP contribution in [0.15, 0.2) is 5.38 Å². The van der Waals surface area contributed by atoms with Crippen LogP contribution in [0.4, 0.5) is 5.13 Å². The number of aromatic nitrogens is 1. The van der Waals surface area contributed by atoms with Crippen LogP contribution >= 0.6 is 11.3 Å². The van der Waals surface area contributed by atoms with E-state index in [1.165, 1.54) is 11.3 Å². The van der Waals surface area contributed by atoms with Crippen LogP contribution in [-0.2, 0) is 11.3 Å². The van der Waals surface area contributed by atoms with E-state index >= 15 is 0 Å². The maximum atomic E-state index is 11.7. The Balaban J connectivity index is 2.62. The zero-order valence-electron chi connectivity index (χ0n) is 10.5. The average molecular weight is 241 g/mol. The maximum Gasteiger partial charge on any atom is 0.231 e. The summed E-state index contributed by atoms with van der Waals surface area (Å²) in [6, 6.07) is 0. The SMILES string of the molecule is CN(C)Cc1csc(NC(=O)C(C)(C)C)n1. The van der Waals surface area contributed by atoms with E-state index in [1.807, 2.05) is 45.1 Å². The first-order valence-electron chi connectivity index (χ1n) is 5.19. The Morgan fingerprint density at radius 3 is 2.62 bits per heavy atom. The van der Waals surface area contributed by atoms with E-state index in [2.05, 4.69) is 10.3 Å². The molecule has 0 radical (unpaired) electrons. The molecule has 16 heavy (non-hydrogen) atoms. The summed E-state index contributed by atoms with van der Waals surface area (Å²) < 4.78 is 0. The first-order valence-corrected chi connectivity index (χ1v) is 6.07. The largest absolute Gasteiger partial charge is 0.304 e. The van der Waals surface area contributed by atoms with Crippen molar-refractivity contribution in [2.24, 2.45) is 5.41 Å². The molecule has 1 heterocycles. The maximum absolute atomic E-state index is 11.7. The van der Waals surface area contributed by atoms with Gasteiger partial charge < -0.3 is 10.2 Å². The normalized spacial score (nSPS) is 11.9. The van der Waals surface area contributed by atoms with Crippen LogP contribution in [0.25, 0.3) is 0 Å². The molecule has 5 heteroatoms. The quantitative estimate of drug-likeness (QED) is 0.882. The van der Waals surface area contributed by atoms with Gasteiger partial charge in [0.25, 0.3) is 0 Å². The number of hydrogen-bond acceptors (Lipinski definition) is 4. The molecule has 0 aliphatic heterocycles. The lowest BCUT2D eigenvalue weighted by atomic mass is 9.96. The van der Waals surface area contributed by atoms with Crippen molar-refractivity contribution in [3.63, 3.8) is 0 Å². The van der Waals surface area contributed by atoms with E-state index in [4.69, 9.17) is 0 Å². The minimum absolute atomic E-state index is 0.00162. The number of amides is 1. The van der Waals surface area contributed by atoms with Crippen LogP contribution in [-0.4, -0.2) is 29.9 Å². The summed E-state index contributed by atoms with van der Waals surface area (Å²) in [6.45, 7) is 6.45. The number of anilines is 1. The van der Waals surface area contributed by atoms with Crippen molar-refractivity contribution in [1.82, 2.24) is 9.88 Å². The van der Waals surface area contributed by atoms with Crippen molar-refractivity contribution < 1.29 is 4.79 Å². The van der Waals surface area contributed by atoms with Gasteiger partial charge in [-0.25, -0.2) is 4.98 Å². The van der Waals surface area contributed by atoms with E-state index in [-0.39, 0.29) is 11.3 Å². The average Bonchev–Trinajstić information content (AvgIpc) is 2.49. The third-order valence-corrected chi connectivity index (χ3v) is 2.74. The molecule has 0 spiro atoms. The molecule has 0 saturated carbocycles. The Kier molecular flexibility index (Phi) is 4.04. The predicted molar refractivity (Wildman–Crippen MR) is 67.6 cm³/mol. The van der Waals surface area contributed by atoms with Crippen molar-refractivity contribution in [2.75, 3.05) is 19.4 Å². The summed E-state index contributed by atoms with van der Waals surface area (Å²) in [7, 11) is 3.99. The summed E-state index contributed by atoms with van der Waals surface area (Å²) in [5.41, 5.74) is 0.604. The Hall–Kier alpha value is -0.940. The highest BCUT2D eigenvalue weighted by molar-refractivity contribution is 7.13. The fourth-order valence-corrected chi connectivity index (χ4v) is 1.74. The summed E-state index contributed by atoms with van der Waals surface area (Å²) in [6.07, 6.45) is 0. The fourth-order valence-electron chi connectivity index (χ4n) is 1.05. The molecule has 90 valence electrons. The lowest BCUT2D eigenvalue weighted by Gasteiger charge is -2.15. The Morgan fingerprint density at radius 2 is 2.12 bits per heavy atom. The third-order valence-electron chi connectivity index (χ3n) is 1.93. The first-order chi connectivity index (χ1) is 7.29. The molecule has 1 aromatic rings. The molecule has 0 aliphatic carbocycles. The molecule has 1 amide bonds. The van der Waals surface area contributed by atoms with Gasteiger partial charge in [-0.05, 0) is 14.1 Å². The zero-order valence-corrected chi connectivity index (χ0v) is 11.3. The van der Waals surface area contributed by atoms with Gasteiger partial charge in [-0.1, -0.05) is 20.8 Å². The number of carbonyl (C=O) groups excluding carboxylic acids is 1. The van der Waals surface area contributed by atoms with Gasteiger partial charge in [0.15, 0.2) is 5.13 Å². The van der Waals surface area contributed by atoms with Gasteiger partial charge in [-0.2, -0.15) is 0 Å². The number of hydrogen-bond donors (Lipinski definition) is 1. The second-order valence-corrected chi connectivity index (χ2v) is 5.94. The molecule has 0 bridgehead atoms. The number of thiazole rings is 1. The van der Waals surface area contributed by atoms with Gasteiger partial charge in [0.2, 0.25) is 5.91 Å². The standard InChI is InChI=1S/C11H19N3OS/c1-11(2,3)9(15)13-10-12-8(7-16-10)6-14(4)5/h7H,6H2,1-5H3,(H,12,13,15). The van der Waals surface area contributed by atoms with E-state index in [0.717, 1.165) is 12.2 Å². The molecule has 1 aromatic heterocycles. The highest BCUT2D eigenvalue weighted by Gasteiger charge is 2.22. The molecule has 0 atom stereocenters. The minimum atomic E-state index is -0.382. The van der Waals surface area contributed by atoms with Gasteiger partial charge in [0.1, 0.15) is 0 Å². The van der Waals surface area contributed by atoms with Gasteiger partial charge in [-0.3, -0.25) is 4.79 Å². The Bertz CT molecular complexity index is 366. The smallest absolute Gasteiger partial charge is 0.231 e. The molecule has 0 fully saturated rings. The third kappa shape index (κ3) is 3.90. The van der Waals surface area contributed by atoms with Crippen LogP contribution in [0.5, 0.6) is 0 Å². The van der Waals surface area contributed by atoms with Crippen molar-refractivity contribution in [2.45, 2.75) is 27.3 Å². The molecule has 1 N–H and O–H groups in total. The van der Waals surface area contributed by atoms with Gasteiger partial charge in [-0.15, -0.1) is 11.3 Å². The van der Waals surface area contributed by atoms with Crippen LogP contribution in [0.3, 0.4) is 0 Å². The number of rotatable bonds is 3. The van der Waals surface area contributed by atoms with Crippen LogP contribution < -0.4 is 5.32 Å². The molecular formula is C11H19N3OS. The van der Waals surface area contributed by atoms with Crippen molar-refractivity contribution in [1.29, 1.82) is 0 Å². The topological polar surface area (TPSA) is 45.2 Å². The number of nitrogens with zero attached hydrogens (tertiary/aromatic N) is 2. The number of nitrogens with one attached hydrogen (secondary N) is 1. The molecule has 0 saturated heterocycles. The van der Waals surface area contributed by atoms with Crippen molar-refractivity contribution >= 4 is 22.4 Å². The molecule has 4 nitrogen and oxygen atoms in total. The molecule has 0 unspecified atom stereocenters. The van der Waals surface area contributed by atoms with Crippen LogP contribution in [0.1, 0.15) is 26.5 Å². The molecule has 0 aliphatic rings. The first kappa shape index (κ1) is 13.1. The van der Waals surface area contributed by atoms with E-state index in [1.54, 1.807) is 0 Å². The minimum Gasteiger partial charge on any atom is -0.304 e. The van der Waals surface area contributed by atoms with E-state index in [0.29, 0.717) is 5.13 Å². The zero-order chi connectivity index (χ0) is 12.3. The lowest BCUT2D eigenvalue weighted by Crippen LogP contribution is -2.27. The summed E-state index contributed by atoms with van der Waals surface area (Å²) in [5, 5.41) is 5.47. The Labute approximate surface area is 101 Å². The van der Waals surface area contributed by atoms with Gasteiger partial charge in [0.05, 0.1) is 5.69 Å². The van der Waals surface area contributed by atoms with Gasteiger partial charge >= 0.3 is 0 Å². The summed E-state index contributed by atoms with van der Waals surface area (Å²) in [4.78, 5) is 18.1. The summed E-state index contributed by atoms with van der Waals surface area (Å²) in [5.74, 6) is -0.00162. The molecule has 1 rings (SSSR count). The molecular weight excluding hydrogens is 222 g/mol. The second kappa shape index (κ2) is 4.93. The summed E-state index contributed by atoms with van der Waals surface area (Å²) >= 11 is 1.47. The highest BCUT2D eigenvalue weighted by atomic mass is 32.1. The second-order valence-electron chi connectivity index (χ2n) is 5.09. The van der Waals surface area contributed by atoms with Gasteiger partial charge in [0, 0.05) is 17.3 Å².